The summed E-state index contributed by atoms with van der Waals surface area (Å²) in [4.78, 5) is 19.0. The van der Waals surface area contributed by atoms with Gasteiger partial charge >= 0.3 is 0 Å². The highest BCUT2D eigenvalue weighted by Crippen LogP contribution is 2.23. The Bertz CT molecular complexity index is 1150. The van der Waals surface area contributed by atoms with Crippen LogP contribution in [0.3, 0.4) is 0 Å². The summed E-state index contributed by atoms with van der Waals surface area (Å²) < 4.78 is 7.25. The fourth-order valence-corrected chi connectivity index (χ4v) is 3.56. The quantitative estimate of drug-likeness (QED) is 0.468. The van der Waals surface area contributed by atoms with Crippen LogP contribution in [0, 0.1) is 0 Å². The molecule has 0 aliphatic heterocycles. The van der Waals surface area contributed by atoms with Crippen LogP contribution in [0.4, 0.5) is 0 Å². The van der Waals surface area contributed by atoms with Crippen LogP contribution in [0.1, 0.15) is 24.1 Å². The molecule has 5 heteroatoms. The number of hydrogen-bond acceptors (Lipinski definition) is 3. The van der Waals surface area contributed by atoms with Crippen LogP contribution < -0.4 is 4.74 Å². The number of likely N-dealkylation sites (N-methyl/N-ethyl adjacent to an activating group) is 1. The lowest BCUT2D eigenvalue weighted by atomic mass is 10.1. The molecule has 1 amide bonds. The minimum Gasteiger partial charge on any atom is -0.497 e. The maximum atomic E-state index is 12.8. The Morgan fingerprint density at radius 2 is 1.73 bits per heavy atom. The highest BCUT2D eigenvalue weighted by molar-refractivity contribution is 5.79. The van der Waals surface area contributed by atoms with E-state index in [0.29, 0.717) is 6.42 Å². The second kappa shape index (κ2) is 8.41. The number of nitrogens with zero attached hydrogens (tertiary/aromatic N) is 3. The van der Waals surface area contributed by atoms with E-state index in [2.05, 4.69) is 39.9 Å². The Morgan fingerprint density at radius 3 is 2.43 bits per heavy atom. The molecule has 4 rings (SSSR count). The summed E-state index contributed by atoms with van der Waals surface area (Å²) in [5, 5.41) is 0. The highest BCUT2D eigenvalue weighted by Gasteiger charge is 2.18. The third-order valence-corrected chi connectivity index (χ3v) is 5.60. The van der Waals surface area contributed by atoms with Crippen LogP contribution in [0.5, 0.6) is 5.75 Å². The van der Waals surface area contributed by atoms with Gasteiger partial charge in [-0.1, -0.05) is 36.4 Å². The molecule has 30 heavy (non-hydrogen) atoms. The lowest BCUT2D eigenvalue weighted by Crippen LogP contribution is -2.30. The number of methoxy groups -OCH3 is 1. The second-order valence-electron chi connectivity index (χ2n) is 7.40. The first-order valence-corrected chi connectivity index (χ1v) is 9.98. The number of aromatic nitrogens is 2. The molecule has 0 fully saturated rings. The van der Waals surface area contributed by atoms with Gasteiger partial charge in [-0.3, -0.25) is 9.36 Å². The topological polar surface area (TPSA) is 47.4 Å². The van der Waals surface area contributed by atoms with Gasteiger partial charge in [0.2, 0.25) is 5.91 Å². The molecule has 0 aliphatic rings. The van der Waals surface area contributed by atoms with E-state index in [1.54, 1.807) is 12.0 Å². The van der Waals surface area contributed by atoms with Crippen molar-refractivity contribution in [3.8, 4) is 11.4 Å². The van der Waals surface area contributed by atoms with Crippen molar-refractivity contribution in [2.45, 2.75) is 19.4 Å². The average molecular weight is 399 g/mol. The molecular weight excluding hydrogens is 374 g/mol. The minimum atomic E-state index is -0.0238. The summed E-state index contributed by atoms with van der Waals surface area (Å²) in [6.45, 7) is 2.05. The summed E-state index contributed by atoms with van der Waals surface area (Å²) in [5.41, 5.74) is 5.16. The van der Waals surface area contributed by atoms with Gasteiger partial charge in [-0.15, -0.1) is 0 Å². The predicted octanol–water partition coefficient (Wildman–Crippen LogP) is 4.80. The number of benzene rings is 3. The van der Waals surface area contributed by atoms with Crippen LogP contribution in [0.2, 0.25) is 0 Å². The fourth-order valence-electron chi connectivity index (χ4n) is 3.56. The van der Waals surface area contributed by atoms with Gasteiger partial charge in [0.1, 0.15) is 12.1 Å². The first kappa shape index (κ1) is 19.7. The van der Waals surface area contributed by atoms with E-state index in [4.69, 9.17) is 4.74 Å². The van der Waals surface area contributed by atoms with Crippen molar-refractivity contribution in [2.75, 3.05) is 14.2 Å². The first-order chi connectivity index (χ1) is 14.6. The third kappa shape index (κ3) is 3.92. The summed E-state index contributed by atoms with van der Waals surface area (Å²) in [5.74, 6) is 0.871. The molecule has 1 atom stereocenters. The molecule has 0 saturated carbocycles. The molecular formula is C25H25N3O2. The maximum Gasteiger partial charge on any atom is 0.227 e. The van der Waals surface area contributed by atoms with E-state index < -0.39 is 0 Å². The van der Waals surface area contributed by atoms with Gasteiger partial charge in [0.05, 0.1) is 30.6 Å². The molecule has 3 aromatic carbocycles. The first-order valence-electron chi connectivity index (χ1n) is 9.98. The number of amides is 1. The Kier molecular flexibility index (Phi) is 5.53. The lowest BCUT2D eigenvalue weighted by molar-refractivity contribution is -0.131. The van der Waals surface area contributed by atoms with Crippen molar-refractivity contribution in [1.29, 1.82) is 0 Å². The average Bonchev–Trinajstić information content (AvgIpc) is 3.23. The molecule has 4 aromatic rings. The number of carbonyl (C=O) groups excluding carboxylic acids is 1. The summed E-state index contributed by atoms with van der Waals surface area (Å²) in [7, 11) is 3.49. The van der Waals surface area contributed by atoms with Crippen molar-refractivity contribution < 1.29 is 9.53 Å². The smallest absolute Gasteiger partial charge is 0.227 e. The standard InChI is InChI=1S/C25H25N3O2/c1-18(27(2)25(29)16-19-8-14-22(30-3)15-9-19)20-10-12-21(13-11-20)28-17-26-23-6-4-5-7-24(23)28/h4-15,17-18H,16H2,1-3H3/t18-/m0/s1. The normalized spacial score (nSPS) is 12.0. The maximum absolute atomic E-state index is 12.8. The van der Waals surface area contributed by atoms with E-state index in [-0.39, 0.29) is 11.9 Å². The van der Waals surface area contributed by atoms with Crippen molar-refractivity contribution in [1.82, 2.24) is 14.5 Å². The van der Waals surface area contributed by atoms with Gasteiger partial charge in [0.15, 0.2) is 0 Å². The van der Waals surface area contributed by atoms with Crippen LogP contribution in [-0.2, 0) is 11.2 Å². The minimum absolute atomic E-state index is 0.0238. The van der Waals surface area contributed by atoms with Crippen molar-refractivity contribution in [3.63, 3.8) is 0 Å². The molecule has 0 spiro atoms. The Morgan fingerprint density at radius 1 is 1.03 bits per heavy atom. The second-order valence-corrected chi connectivity index (χ2v) is 7.40. The largest absolute Gasteiger partial charge is 0.497 e. The zero-order valence-electron chi connectivity index (χ0n) is 17.4. The van der Waals surface area contributed by atoms with Crippen LogP contribution in [0.15, 0.2) is 79.1 Å². The zero-order chi connectivity index (χ0) is 21.1. The third-order valence-electron chi connectivity index (χ3n) is 5.60. The van der Waals surface area contributed by atoms with Crippen LogP contribution in [-0.4, -0.2) is 34.5 Å². The molecule has 0 bridgehead atoms. The summed E-state index contributed by atoms with van der Waals surface area (Å²) in [6, 6.07) is 24.0. The van der Waals surface area contributed by atoms with E-state index in [1.165, 1.54) is 0 Å². The van der Waals surface area contributed by atoms with Gasteiger partial charge in [-0.25, -0.2) is 4.98 Å². The number of hydrogen-bond donors (Lipinski definition) is 0. The number of rotatable bonds is 6. The van der Waals surface area contributed by atoms with Crippen molar-refractivity contribution in [3.05, 3.63) is 90.3 Å². The predicted molar refractivity (Wildman–Crippen MR) is 119 cm³/mol. The van der Waals surface area contributed by atoms with Crippen molar-refractivity contribution >= 4 is 16.9 Å². The van der Waals surface area contributed by atoms with Crippen molar-refractivity contribution in [2.24, 2.45) is 0 Å². The number of imidazole rings is 1. The molecule has 0 radical (unpaired) electrons. The zero-order valence-corrected chi connectivity index (χ0v) is 17.4. The molecule has 1 aromatic heterocycles. The lowest BCUT2D eigenvalue weighted by Gasteiger charge is -2.26. The number of ether oxygens (including phenoxy) is 1. The molecule has 152 valence electrons. The van der Waals surface area contributed by atoms with E-state index in [9.17, 15) is 4.79 Å². The van der Waals surface area contributed by atoms with E-state index in [0.717, 1.165) is 33.6 Å². The van der Waals surface area contributed by atoms with Gasteiger partial charge in [-0.2, -0.15) is 0 Å². The Balaban J connectivity index is 1.47. The molecule has 0 aliphatic carbocycles. The van der Waals surface area contributed by atoms with Gasteiger partial charge in [0.25, 0.3) is 0 Å². The number of fused-ring (bicyclic) bond motifs is 1. The Labute approximate surface area is 176 Å². The molecule has 0 N–H and O–H groups in total. The SMILES string of the molecule is COc1ccc(CC(=O)N(C)[C@@H](C)c2ccc(-n3cnc4ccccc43)cc2)cc1. The number of carbonyl (C=O) groups is 1. The number of para-hydroxylation sites is 2. The van der Waals surface area contributed by atoms with E-state index >= 15 is 0 Å². The van der Waals surface area contributed by atoms with Gasteiger partial charge < -0.3 is 9.64 Å². The Hall–Kier alpha value is -3.60. The monoisotopic (exact) mass is 399 g/mol. The summed E-state index contributed by atoms with van der Waals surface area (Å²) >= 11 is 0. The molecule has 1 heterocycles. The fraction of sp³-hybridized carbons (Fsp3) is 0.200. The molecule has 5 nitrogen and oxygen atoms in total. The molecule has 0 unspecified atom stereocenters. The highest BCUT2D eigenvalue weighted by atomic mass is 16.5. The molecule has 0 saturated heterocycles. The van der Waals surface area contributed by atoms with Crippen LogP contribution >= 0.6 is 0 Å². The van der Waals surface area contributed by atoms with Gasteiger partial charge in [0, 0.05) is 12.7 Å². The van der Waals surface area contributed by atoms with E-state index in [1.807, 2.05) is 62.8 Å². The van der Waals surface area contributed by atoms with Crippen LogP contribution in [0.25, 0.3) is 16.7 Å². The summed E-state index contributed by atoms with van der Waals surface area (Å²) in [6.07, 6.45) is 2.21. The van der Waals surface area contributed by atoms with Gasteiger partial charge in [-0.05, 0) is 54.4 Å².